The van der Waals surface area contributed by atoms with E-state index < -0.39 is 23.0 Å². The number of carbonyl (C=O) groups is 2. The van der Waals surface area contributed by atoms with Gasteiger partial charge in [0.2, 0.25) is 5.52 Å². The maximum absolute atomic E-state index is 12.2. The number of esters is 1. The van der Waals surface area contributed by atoms with Crippen molar-refractivity contribution in [2.75, 3.05) is 12.4 Å². The molecule has 2 aromatic carbocycles. The summed E-state index contributed by atoms with van der Waals surface area (Å²) in [5.74, 6) is -0.552. The van der Waals surface area contributed by atoms with E-state index in [2.05, 4.69) is 35.9 Å². The Morgan fingerprint density at radius 2 is 1.92 bits per heavy atom. The lowest BCUT2D eigenvalue weighted by Crippen LogP contribution is -2.41. The highest BCUT2D eigenvalue weighted by Crippen LogP contribution is 2.28. The summed E-state index contributed by atoms with van der Waals surface area (Å²) < 4.78 is 16.3. The number of nitro benzene ring substituents is 1. The van der Waals surface area contributed by atoms with Gasteiger partial charge in [-0.25, -0.2) is 14.2 Å². The molecule has 0 unspecified atom stereocenters. The Morgan fingerprint density at radius 3 is 2.69 bits per heavy atom. The van der Waals surface area contributed by atoms with E-state index >= 15 is 0 Å². The molecule has 0 fully saturated rings. The van der Waals surface area contributed by atoms with Gasteiger partial charge in [0.15, 0.2) is 5.52 Å². The van der Waals surface area contributed by atoms with Gasteiger partial charge in [-0.2, -0.15) is 0 Å². The Balaban J connectivity index is 1.22. The van der Waals surface area contributed by atoms with Crippen molar-refractivity contribution in [2.45, 2.75) is 45.0 Å². The molecule has 204 valence electrons. The third-order valence-corrected chi connectivity index (χ3v) is 5.76. The second-order valence-corrected chi connectivity index (χ2v) is 8.45. The number of ether oxygens (including phenoxy) is 2. The van der Waals surface area contributed by atoms with E-state index in [-0.39, 0.29) is 23.3 Å². The molecule has 15 nitrogen and oxygen atoms in total. The largest absolute Gasteiger partial charge is 0.467 e. The second-order valence-electron chi connectivity index (χ2n) is 8.45. The molecule has 39 heavy (non-hydrogen) atoms. The minimum absolute atomic E-state index is 0.0536. The van der Waals surface area contributed by atoms with Gasteiger partial charge in [0, 0.05) is 12.6 Å². The van der Waals surface area contributed by atoms with Crippen molar-refractivity contribution >= 4 is 34.5 Å². The fourth-order valence-corrected chi connectivity index (χ4v) is 3.78. The molecule has 2 aromatic heterocycles. The number of methoxy groups -OCH3 is 1. The number of non-ortho nitro benzene ring substituents is 1. The maximum Gasteiger partial charge on any atom is 0.408 e. The van der Waals surface area contributed by atoms with Gasteiger partial charge in [-0.1, -0.05) is 35.5 Å². The summed E-state index contributed by atoms with van der Waals surface area (Å²) in [5.41, 5.74) is 2.08. The number of nitrogens with zero attached hydrogens (tertiary/aromatic N) is 6. The van der Waals surface area contributed by atoms with Gasteiger partial charge < -0.3 is 20.1 Å². The van der Waals surface area contributed by atoms with Crippen LogP contribution in [-0.2, 0) is 34.0 Å². The molecule has 2 heterocycles. The minimum atomic E-state index is -0.835. The van der Waals surface area contributed by atoms with Crippen LogP contribution in [0.15, 0.2) is 53.3 Å². The lowest BCUT2D eigenvalue weighted by atomic mass is 10.1. The van der Waals surface area contributed by atoms with Gasteiger partial charge in [0.05, 0.1) is 30.5 Å². The molecule has 4 rings (SSSR count). The van der Waals surface area contributed by atoms with Crippen LogP contribution in [0.1, 0.15) is 30.5 Å². The number of nitrogens with one attached hydrogen (secondary N) is 2. The standard InChI is InChI=1S/C24H26N8O7/c1-37-23(33)19(26-24(34)38-15-16-7-3-2-4-8-16)9-5-6-12-31-14-17(27-30-31)13-25-18-10-11-20(32(35)36)22-21(18)28-39-29-22/h2-4,7-8,10-11,14,19,25H,5-6,9,12-13,15H2,1H3,(H,26,34)/t19-/m0/s1. The lowest BCUT2D eigenvalue weighted by molar-refractivity contribution is -0.383. The lowest BCUT2D eigenvalue weighted by Gasteiger charge is -2.16. The number of benzene rings is 2. The van der Waals surface area contributed by atoms with Gasteiger partial charge in [0.25, 0.3) is 0 Å². The second kappa shape index (κ2) is 12.9. The molecule has 4 aromatic rings. The fourth-order valence-electron chi connectivity index (χ4n) is 3.78. The summed E-state index contributed by atoms with van der Waals surface area (Å²) in [4.78, 5) is 34.9. The van der Waals surface area contributed by atoms with E-state index in [1.54, 1.807) is 10.9 Å². The average molecular weight is 539 g/mol. The molecule has 0 spiro atoms. The number of hydrogen-bond donors (Lipinski definition) is 2. The van der Waals surface area contributed by atoms with Crippen LogP contribution in [0.5, 0.6) is 0 Å². The van der Waals surface area contributed by atoms with Crippen LogP contribution in [0.3, 0.4) is 0 Å². The third kappa shape index (κ3) is 7.24. The zero-order chi connectivity index (χ0) is 27.6. The number of aromatic nitrogens is 5. The first-order valence-corrected chi connectivity index (χ1v) is 12.0. The van der Waals surface area contributed by atoms with Crippen molar-refractivity contribution in [1.29, 1.82) is 0 Å². The smallest absolute Gasteiger partial charge is 0.408 e. The number of carbonyl (C=O) groups excluding carboxylic acids is 2. The maximum atomic E-state index is 12.2. The predicted molar refractivity (Wildman–Crippen MR) is 135 cm³/mol. The molecule has 0 aliphatic heterocycles. The molecule has 0 radical (unpaired) electrons. The number of anilines is 1. The van der Waals surface area contributed by atoms with Crippen molar-refractivity contribution in [3.63, 3.8) is 0 Å². The Morgan fingerprint density at radius 1 is 1.13 bits per heavy atom. The number of amides is 1. The molecule has 0 saturated carbocycles. The normalized spacial score (nSPS) is 11.6. The van der Waals surface area contributed by atoms with Crippen LogP contribution < -0.4 is 10.6 Å². The first-order chi connectivity index (χ1) is 18.9. The van der Waals surface area contributed by atoms with Gasteiger partial charge in [-0.05, 0) is 41.2 Å². The first kappa shape index (κ1) is 27.0. The zero-order valence-electron chi connectivity index (χ0n) is 21.0. The molecular formula is C24H26N8O7. The summed E-state index contributed by atoms with van der Waals surface area (Å²) in [7, 11) is 1.26. The van der Waals surface area contributed by atoms with E-state index in [1.165, 1.54) is 19.2 Å². The SMILES string of the molecule is COC(=O)[C@H](CCCCn1cc(CNc2ccc([N+](=O)[O-])c3nonc23)nn1)NC(=O)OCc1ccccc1. The van der Waals surface area contributed by atoms with E-state index in [1.807, 2.05) is 30.3 Å². The Kier molecular flexibility index (Phi) is 8.95. The van der Waals surface area contributed by atoms with Crippen molar-refractivity contribution in [2.24, 2.45) is 0 Å². The summed E-state index contributed by atoms with van der Waals surface area (Å²) in [6, 6.07) is 11.2. The van der Waals surface area contributed by atoms with E-state index in [4.69, 9.17) is 9.47 Å². The summed E-state index contributed by atoms with van der Waals surface area (Å²) in [5, 5.41) is 32.4. The van der Waals surface area contributed by atoms with Crippen molar-refractivity contribution in [1.82, 2.24) is 30.6 Å². The molecule has 0 bridgehead atoms. The number of alkyl carbamates (subject to hydrolysis) is 1. The van der Waals surface area contributed by atoms with Crippen molar-refractivity contribution < 1.29 is 28.6 Å². The molecular weight excluding hydrogens is 512 g/mol. The van der Waals surface area contributed by atoms with E-state index in [0.29, 0.717) is 43.7 Å². The van der Waals surface area contributed by atoms with Crippen molar-refractivity contribution in [3.8, 4) is 0 Å². The van der Waals surface area contributed by atoms with E-state index in [9.17, 15) is 19.7 Å². The van der Waals surface area contributed by atoms with E-state index in [0.717, 1.165) is 5.56 Å². The Labute approximate surface area is 221 Å². The molecule has 0 aliphatic carbocycles. The number of rotatable bonds is 13. The summed E-state index contributed by atoms with van der Waals surface area (Å²) in [6.07, 6.45) is 2.69. The van der Waals surface area contributed by atoms with Crippen LogP contribution in [0, 0.1) is 10.1 Å². The first-order valence-electron chi connectivity index (χ1n) is 12.0. The highest BCUT2D eigenvalue weighted by atomic mass is 16.6. The number of aryl methyl sites for hydroxylation is 1. The van der Waals surface area contributed by atoms with Gasteiger partial charge >= 0.3 is 17.7 Å². The molecule has 1 atom stereocenters. The summed E-state index contributed by atoms with van der Waals surface area (Å²) >= 11 is 0. The number of fused-ring (bicyclic) bond motifs is 1. The average Bonchev–Trinajstić information content (AvgIpc) is 3.62. The molecule has 1 amide bonds. The molecule has 0 saturated heterocycles. The van der Waals surface area contributed by atoms with Crippen LogP contribution in [0.2, 0.25) is 0 Å². The van der Waals surface area contributed by atoms with Crippen LogP contribution >= 0.6 is 0 Å². The molecule has 15 heteroatoms. The Hall–Kier alpha value is -5.08. The molecule has 0 aliphatic rings. The number of hydrogen-bond acceptors (Lipinski definition) is 12. The quantitative estimate of drug-likeness (QED) is 0.110. The van der Waals surface area contributed by atoms with Crippen LogP contribution in [0.25, 0.3) is 11.0 Å². The number of unbranched alkanes of at least 4 members (excludes halogenated alkanes) is 1. The fraction of sp³-hybridized carbons (Fsp3) is 0.333. The van der Waals surface area contributed by atoms with Gasteiger partial charge in [0.1, 0.15) is 18.3 Å². The van der Waals surface area contributed by atoms with Crippen LogP contribution in [-0.4, -0.2) is 55.4 Å². The van der Waals surface area contributed by atoms with Crippen molar-refractivity contribution in [3.05, 3.63) is 70.0 Å². The summed E-state index contributed by atoms with van der Waals surface area (Å²) in [6.45, 7) is 0.919. The number of nitro groups is 1. The van der Waals surface area contributed by atoms with Gasteiger partial charge in [-0.3, -0.25) is 14.8 Å². The molecule has 2 N–H and O–H groups in total. The third-order valence-electron chi connectivity index (χ3n) is 5.76. The van der Waals surface area contributed by atoms with Gasteiger partial charge in [-0.15, -0.1) is 5.10 Å². The highest BCUT2D eigenvalue weighted by molar-refractivity contribution is 5.93. The minimum Gasteiger partial charge on any atom is -0.467 e. The monoisotopic (exact) mass is 538 g/mol. The van der Waals surface area contributed by atoms with Crippen LogP contribution in [0.4, 0.5) is 16.2 Å². The highest BCUT2D eigenvalue weighted by Gasteiger charge is 2.22. The Bertz CT molecular complexity index is 1420. The topological polar surface area (TPSA) is 189 Å². The predicted octanol–water partition coefficient (Wildman–Crippen LogP) is 2.97. The zero-order valence-corrected chi connectivity index (χ0v) is 21.0.